The molecule has 0 saturated carbocycles. The monoisotopic (exact) mass is 295 g/mol. The van der Waals surface area contributed by atoms with Gasteiger partial charge in [0.1, 0.15) is 11.5 Å². The third kappa shape index (κ3) is 2.76. The summed E-state index contributed by atoms with van der Waals surface area (Å²) in [6.07, 6.45) is 5.31. The number of aryl methyl sites for hydroxylation is 2. The first kappa shape index (κ1) is 14.1. The molecule has 0 aliphatic carbocycles. The smallest absolute Gasteiger partial charge is 0.269 e. The Labute approximate surface area is 128 Å². The minimum absolute atomic E-state index is 0.130. The van der Waals surface area contributed by atoms with Gasteiger partial charge in [-0.05, 0) is 30.7 Å². The Bertz CT molecular complexity index is 785. The average molecular weight is 295 g/mol. The van der Waals surface area contributed by atoms with Gasteiger partial charge in [0.2, 0.25) is 0 Å². The molecule has 112 valence electrons. The molecule has 6 nitrogen and oxygen atoms in total. The number of amides is 1. The molecule has 0 bridgehead atoms. The van der Waals surface area contributed by atoms with Gasteiger partial charge in [-0.3, -0.25) is 9.48 Å². The second-order valence-electron chi connectivity index (χ2n) is 5.03. The number of carbonyl (C=O) groups excluding carboxylic acids is 1. The molecule has 6 heteroatoms. The maximum Gasteiger partial charge on any atom is 0.269 e. The van der Waals surface area contributed by atoms with Crippen molar-refractivity contribution in [2.75, 3.05) is 0 Å². The van der Waals surface area contributed by atoms with E-state index in [1.165, 1.54) is 0 Å². The second kappa shape index (κ2) is 5.85. The van der Waals surface area contributed by atoms with Gasteiger partial charge in [0.05, 0.1) is 0 Å². The quantitative estimate of drug-likeness (QED) is 0.799. The molecule has 2 heterocycles. The van der Waals surface area contributed by atoms with Crippen molar-refractivity contribution >= 4 is 5.91 Å². The third-order valence-electron chi connectivity index (χ3n) is 3.55. The summed E-state index contributed by atoms with van der Waals surface area (Å²) in [6, 6.07) is 9.72. The zero-order valence-corrected chi connectivity index (χ0v) is 12.5. The van der Waals surface area contributed by atoms with Crippen LogP contribution >= 0.6 is 0 Å². The van der Waals surface area contributed by atoms with Crippen molar-refractivity contribution < 1.29 is 4.79 Å². The molecule has 0 atom stereocenters. The first-order chi connectivity index (χ1) is 10.6. The molecule has 0 aliphatic heterocycles. The molecule has 3 aromatic rings. The number of imidazole rings is 1. The van der Waals surface area contributed by atoms with Crippen LogP contribution in [-0.2, 0) is 13.6 Å². The van der Waals surface area contributed by atoms with Crippen molar-refractivity contribution in [2.45, 2.75) is 13.5 Å². The van der Waals surface area contributed by atoms with E-state index < -0.39 is 0 Å². The Morgan fingerprint density at radius 3 is 2.55 bits per heavy atom. The highest BCUT2D eigenvalue weighted by atomic mass is 16.2. The minimum atomic E-state index is -0.130. The average Bonchev–Trinajstić information content (AvgIpc) is 3.14. The van der Waals surface area contributed by atoms with E-state index in [9.17, 15) is 4.79 Å². The summed E-state index contributed by atoms with van der Waals surface area (Å²) in [6.45, 7) is 2.44. The highest BCUT2D eigenvalue weighted by Crippen LogP contribution is 2.11. The van der Waals surface area contributed by atoms with Gasteiger partial charge in [-0.25, -0.2) is 4.98 Å². The predicted molar refractivity (Wildman–Crippen MR) is 82.7 cm³/mol. The van der Waals surface area contributed by atoms with Gasteiger partial charge >= 0.3 is 0 Å². The summed E-state index contributed by atoms with van der Waals surface area (Å²) < 4.78 is 3.57. The van der Waals surface area contributed by atoms with Crippen LogP contribution in [0.5, 0.6) is 0 Å². The lowest BCUT2D eigenvalue weighted by Gasteiger charge is -2.08. The number of hydrogen-bond donors (Lipinski definition) is 1. The van der Waals surface area contributed by atoms with Gasteiger partial charge < -0.3 is 9.88 Å². The topological polar surface area (TPSA) is 64.7 Å². The van der Waals surface area contributed by atoms with Crippen molar-refractivity contribution in [3.05, 3.63) is 66.0 Å². The first-order valence-corrected chi connectivity index (χ1v) is 7.00. The minimum Gasteiger partial charge on any atom is -0.347 e. The largest absolute Gasteiger partial charge is 0.347 e. The van der Waals surface area contributed by atoms with Crippen molar-refractivity contribution in [3.63, 3.8) is 0 Å². The van der Waals surface area contributed by atoms with E-state index in [2.05, 4.69) is 15.4 Å². The third-order valence-corrected chi connectivity index (χ3v) is 3.55. The van der Waals surface area contributed by atoms with Crippen molar-refractivity contribution in [2.24, 2.45) is 7.05 Å². The molecule has 1 amide bonds. The lowest BCUT2D eigenvalue weighted by Crippen LogP contribution is -2.25. The fraction of sp³-hybridized carbons (Fsp3) is 0.188. The summed E-state index contributed by atoms with van der Waals surface area (Å²) >= 11 is 0. The Balaban J connectivity index is 1.66. The van der Waals surface area contributed by atoms with E-state index in [1.807, 2.05) is 42.0 Å². The van der Waals surface area contributed by atoms with Crippen LogP contribution in [0.3, 0.4) is 0 Å². The van der Waals surface area contributed by atoms with E-state index in [1.54, 1.807) is 30.2 Å². The van der Waals surface area contributed by atoms with E-state index in [0.29, 0.717) is 12.2 Å². The molecule has 0 radical (unpaired) electrons. The number of nitrogens with zero attached hydrogens (tertiary/aromatic N) is 4. The molecule has 1 aromatic carbocycles. The summed E-state index contributed by atoms with van der Waals surface area (Å²) in [7, 11) is 1.75. The molecule has 2 aromatic heterocycles. The lowest BCUT2D eigenvalue weighted by atomic mass is 10.2. The molecule has 1 N–H and O–H groups in total. The zero-order valence-electron chi connectivity index (χ0n) is 12.5. The van der Waals surface area contributed by atoms with Crippen molar-refractivity contribution in [1.82, 2.24) is 24.6 Å². The molecule has 0 fully saturated rings. The van der Waals surface area contributed by atoms with Gasteiger partial charge in [-0.1, -0.05) is 12.1 Å². The van der Waals surface area contributed by atoms with Gasteiger partial charge in [0.15, 0.2) is 0 Å². The van der Waals surface area contributed by atoms with Crippen LogP contribution in [0.25, 0.3) is 5.69 Å². The number of aromatic nitrogens is 4. The fourth-order valence-electron chi connectivity index (χ4n) is 2.29. The van der Waals surface area contributed by atoms with E-state index in [4.69, 9.17) is 0 Å². The second-order valence-corrected chi connectivity index (χ2v) is 5.03. The number of nitrogens with one attached hydrogen (secondary N) is 1. The maximum atomic E-state index is 12.0. The molecule has 3 rings (SSSR count). The molecule has 0 unspecified atom stereocenters. The standard InChI is InChI=1S/C16H17N5O/c1-12-17-9-10-21(12)14-5-3-13(4-6-14)11-18-16(22)15-7-8-19-20(15)2/h3-10H,11H2,1-2H3,(H,18,22). The maximum absolute atomic E-state index is 12.0. The normalized spacial score (nSPS) is 10.6. The Morgan fingerprint density at radius 1 is 1.18 bits per heavy atom. The molecule has 0 saturated heterocycles. The van der Waals surface area contributed by atoms with Crippen LogP contribution < -0.4 is 5.32 Å². The molecule has 0 spiro atoms. The Morgan fingerprint density at radius 2 is 1.95 bits per heavy atom. The van der Waals surface area contributed by atoms with Gasteiger partial charge in [-0.15, -0.1) is 0 Å². The van der Waals surface area contributed by atoms with E-state index in [-0.39, 0.29) is 5.91 Å². The highest BCUT2D eigenvalue weighted by Gasteiger charge is 2.09. The number of benzene rings is 1. The number of carbonyl (C=O) groups is 1. The summed E-state index contributed by atoms with van der Waals surface area (Å²) in [4.78, 5) is 16.2. The summed E-state index contributed by atoms with van der Waals surface area (Å²) in [5.41, 5.74) is 2.64. The zero-order chi connectivity index (χ0) is 15.5. The van der Waals surface area contributed by atoms with Gasteiger partial charge in [-0.2, -0.15) is 5.10 Å². The lowest BCUT2D eigenvalue weighted by molar-refractivity contribution is 0.0941. The van der Waals surface area contributed by atoms with Crippen LogP contribution in [0.15, 0.2) is 48.9 Å². The molecular formula is C16H17N5O. The van der Waals surface area contributed by atoms with Gasteiger partial charge in [0, 0.05) is 37.9 Å². The van der Waals surface area contributed by atoms with E-state index in [0.717, 1.165) is 17.1 Å². The van der Waals surface area contributed by atoms with Crippen LogP contribution in [0, 0.1) is 6.92 Å². The highest BCUT2D eigenvalue weighted by molar-refractivity contribution is 5.92. The fourth-order valence-corrected chi connectivity index (χ4v) is 2.29. The predicted octanol–water partition coefficient (Wildman–Crippen LogP) is 1.84. The Kier molecular flexibility index (Phi) is 3.74. The molecule has 0 aliphatic rings. The van der Waals surface area contributed by atoms with Crippen molar-refractivity contribution in [1.29, 1.82) is 0 Å². The number of hydrogen-bond acceptors (Lipinski definition) is 3. The summed E-state index contributed by atoms with van der Waals surface area (Å²) in [5.74, 6) is 0.812. The van der Waals surface area contributed by atoms with Crippen LogP contribution in [0.1, 0.15) is 21.9 Å². The van der Waals surface area contributed by atoms with Crippen LogP contribution in [-0.4, -0.2) is 25.2 Å². The van der Waals surface area contributed by atoms with Gasteiger partial charge in [0.25, 0.3) is 5.91 Å². The summed E-state index contributed by atoms with van der Waals surface area (Å²) in [5, 5.41) is 6.88. The molecule has 22 heavy (non-hydrogen) atoms. The van der Waals surface area contributed by atoms with Crippen LogP contribution in [0.4, 0.5) is 0 Å². The molecular weight excluding hydrogens is 278 g/mol. The first-order valence-electron chi connectivity index (χ1n) is 7.00. The van der Waals surface area contributed by atoms with E-state index >= 15 is 0 Å². The van der Waals surface area contributed by atoms with Crippen LogP contribution in [0.2, 0.25) is 0 Å². The van der Waals surface area contributed by atoms with Crippen molar-refractivity contribution in [3.8, 4) is 5.69 Å². The Hall–Kier alpha value is -2.89. The SMILES string of the molecule is Cc1nccn1-c1ccc(CNC(=O)c2ccnn2C)cc1. The number of rotatable bonds is 4.